The molecule has 5 nitrogen and oxygen atoms in total. The van der Waals surface area contributed by atoms with Crippen molar-refractivity contribution in [2.24, 2.45) is 0 Å². The average Bonchev–Trinajstić information content (AvgIpc) is 2.66. The molecular weight excluding hydrogens is 415 g/mol. The zero-order valence-electron chi connectivity index (χ0n) is 16.7. The molecule has 1 amide bonds. The molecule has 8 heteroatoms. The molecule has 0 aliphatic rings. The minimum Gasteiger partial charge on any atom is -0.352 e. The molecule has 0 aromatic heterocycles. The van der Waals surface area contributed by atoms with E-state index in [4.69, 9.17) is 11.6 Å². The Bertz CT molecular complexity index is 938. The first-order valence-electron chi connectivity index (χ1n) is 9.42. The van der Waals surface area contributed by atoms with Gasteiger partial charge in [-0.25, -0.2) is 12.8 Å². The van der Waals surface area contributed by atoms with E-state index in [0.717, 1.165) is 23.0 Å². The van der Waals surface area contributed by atoms with Gasteiger partial charge in [0.1, 0.15) is 11.9 Å². The maximum atomic E-state index is 13.5. The number of rotatable bonds is 9. The van der Waals surface area contributed by atoms with Crippen LogP contribution in [0.25, 0.3) is 0 Å². The number of hydrogen-bond acceptors (Lipinski definition) is 3. The van der Waals surface area contributed by atoms with Crippen molar-refractivity contribution in [3.05, 3.63) is 64.9 Å². The van der Waals surface area contributed by atoms with E-state index in [1.54, 1.807) is 6.92 Å². The third kappa shape index (κ3) is 6.44. The van der Waals surface area contributed by atoms with Crippen LogP contribution in [-0.4, -0.2) is 32.7 Å². The van der Waals surface area contributed by atoms with E-state index in [0.29, 0.717) is 6.42 Å². The lowest BCUT2D eigenvalue weighted by Crippen LogP contribution is -2.51. The number of aryl methyl sites for hydroxylation is 1. The van der Waals surface area contributed by atoms with E-state index >= 15 is 0 Å². The van der Waals surface area contributed by atoms with Gasteiger partial charge in [0.05, 0.1) is 17.0 Å². The second-order valence-corrected chi connectivity index (χ2v) is 9.28. The molecule has 0 spiro atoms. The minimum atomic E-state index is -3.80. The van der Waals surface area contributed by atoms with Crippen molar-refractivity contribution in [1.82, 2.24) is 5.32 Å². The molecule has 0 bridgehead atoms. The molecule has 0 unspecified atom stereocenters. The van der Waals surface area contributed by atoms with Crippen molar-refractivity contribution in [3.8, 4) is 0 Å². The zero-order chi connectivity index (χ0) is 21.6. The van der Waals surface area contributed by atoms with Gasteiger partial charge < -0.3 is 5.32 Å². The fourth-order valence-electron chi connectivity index (χ4n) is 3.12. The molecule has 0 heterocycles. The molecule has 0 aliphatic heterocycles. The van der Waals surface area contributed by atoms with Crippen LogP contribution in [0.1, 0.15) is 32.3 Å². The van der Waals surface area contributed by atoms with Crippen molar-refractivity contribution in [3.63, 3.8) is 0 Å². The number of carbonyl (C=O) groups excluding carboxylic acids is 1. The van der Waals surface area contributed by atoms with Crippen LogP contribution in [0.4, 0.5) is 10.1 Å². The van der Waals surface area contributed by atoms with Gasteiger partial charge in [0.15, 0.2) is 0 Å². The largest absolute Gasteiger partial charge is 0.352 e. The average molecular weight is 441 g/mol. The normalized spacial score (nSPS) is 13.6. The molecule has 0 fully saturated rings. The number of halogens is 2. The number of sulfonamides is 1. The van der Waals surface area contributed by atoms with Crippen LogP contribution in [0.5, 0.6) is 0 Å². The van der Waals surface area contributed by atoms with Gasteiger partial charge in [-0.05, 0) is 49.9 Å². The first kappa shape index (κ1) is 23.2. The Morgan fingerprint density at radius 1 is 1.21 bits per heavy atom. The van der Waals surface area contributed by atoms with E-state index in [9.17, 15) is 17.6 Å². The zero-order valence-corrected chi connectivity index (χ0v) is 18.3. The fraction of sp³-hybridized carbons (Fsp3) is 0.381. The lowest BCUT2D eigenvalue weighted by atomic mass is 10.1. The molecule has 0 aliphatic carbocycles. The highest BCUT2D eigenvalue weighted by Crippen LogP contribution is 2.27. The number of nitrogens with zero attached hydrogens (tertiary/aromatic N) is 1. The molecule has 29 heavy (non-hydrogen) atoms. The number of carbonyl (C=O) groups is 1. The molecular formula is C21H26ClFN2O3S. The second-order valence-electron chi connectivity index (χ2n) is 7.02. The summed E-state index contributed by atoms with van der Waals surface area (Å²) in [5.41, 5.74) is 1.32. The summed E-state index contributed by atoms with van der Waals surface area (Å²) in [7, 11) is -3.80. The van der Waals surface area contributed by atoms with Gasteiger partial charge in [-0.1, -0.05) is 48.9 Å². The Morgan fingerprint density at radius 2 is 1.86 bits per heavy atom. The summed E-state index contributed by atoms with van der Waals surface area (Å²) in [6.45, 7) is 3.61. The number of amides is 1. The summed E-state index contributed by atoms with van der Waals surface area (Å²) in [6, 6.07) is 12.4. The maximum Gasteiger partial charge on any atom is 0.244 e. The summed E-state index contributed by atoms with van der Waals surface area (Å²) in [5.74, 6) is -1.06. The molecule has 158 valence electrons. The Hall–Kier alpha value is -2.12. The van der Waals surface area contributed by atoms with E-state index < -0.39 is 27.8 Å². The Labute approximate surface area is 176 Å². The van der Waals surface area contributed by atoms with Crippen molar-refractivity contribution in [2.45, 2.75) is 45.2 Å². The highest BCUT2D eigenvalue weighted by atomic mass is 35.5. The molecule has 0 radical (unpaired) electrons. The van der Waals surface area contributed by atoms with Gasteiger partial charge in [0.2, 0.25) is 15.9 Å². The summed E-state index contributed by atoms with van der Waals surface area (Å²) in [5, 5.41) is 2.69. The number of nitrogens with one attached hydrogen (secondary N) is 1. The third-order valence-electron chi connectivity index (χ3n) is 4.58. The number of anilines is 1. The lowest BCUT2D eigenvalue weighted by Gasteiger charge is -2.31. The van der Waals surface area contributed by atoms with E-state index in [-0.39, 0.29) is 23.2 Å². The smallest absolute Gasteiger partial charge is 0.244 e. The van der Waals surface area contributed by atoms with Crippen LogP contribution in [0, 0.1) is 5.82 Å². The standard InChI is InChI=1S/C21H26ClFN2O3S/c1-4-20(21(26)24-15(2)10-11-16-8-6-5-7-9-16)25(29(3,27)28)17-12-13-19(23)18(22)14-17/h5-9,12-15,20H,4,10-11H2,1-3H3,(H,24,26)/t15-,20+/m1/s1. The van der Waals surface area contributed by atoms with Crippen molar-refractivity contribution in [2.75, 3.05) is 10.6 Å². The van der Waals surface area contributed by atoms with E-state index in [1.165, 1.54) is 17.7 Å². The van der Waals surface area contributed by atoms with E-state index in [1.807, 2.05) is 37.3 Å². The van der Waals surface area contributed by atoms with Gasteiger partial charge in [-0.3, -0.25) is 9.10 Å². The highest BCUT2D eigenvalue weighted by Gasteiger charge is 2.32. The fourth-order valence-corrected chi connectivity index (χ4v) is 4.50. The van der Waals surface area contributed by atoms with Gasteiger partial charge >= 0.3 is 0 Å². The van der Waals surface area contributed by atoms with E-state index in [2.05, 4.69) is 5.32 Å². The van der Waals surface area contributed by atoms with Crippen molar-refractivity contribution < 1.29 is 17.6 Å². The van der Waals surface area contributed by atoms with Crippen LogP contribution in [0.2, 0.25) is 5.02 Å². The monoisotopic (exact) mass is 440 g/mol. The molecule has 2 aromatic rings. The SMILES string of the molecule is CC[C@@H](C(=O)N[C@H](C)CCc1ccccc1)N(c1ccc(F)c(Cl)c1)S(C)(=O)=O. The second kappa shape index (κ2) is 10.1. The predicted octanol–water partition coefficient (Wildman–Crippen LogP) is 4.16. The van der Waals surface area contributed by atoms with Gasteiger partial charge in [-0.2, -0.15) is 0 Å². The highest BCUT2D eigenvalue weighted by molar-refractivity contribution is 7.92. The van der Waals surface area contributed by atoms with Crippen LogP contribution in [-0.2, 0) is 21.2 Å². The summed E-state index contributed by atoms with van der Waals surface area (Å²) in [4.78, 5) is 12.9. The molecule has 1 N–H and O–H groups in total. The molecule has 2 aromatic carbocycles. The summed E-state index contributed by atoms with van der Waals surface area (Å²) < 4.78 is 39.4. The Kier molecular flexibility index (Phi) is 8.05. The minimum absolute atomic E-state index is 0.144. The Balaban J connectivity index is 2.16. The topological polar surface area (TPSA) is 66.5 Å². The van der Waals surface area contributed by atoms with Crippen LogP contribution >= 0.6 is 11.6 Å². The number of hydrogen-bond donors (Lipinski definition) is 1. The van der Waals surface area contributed by atoms with Crippen LogP contribution in [0.15, 0.2) is 48.5 Å². The van der Waals surface area contributed by atoms with Gasteiger partial charge in [-0.15, -0.1) is 0 Å². The van der Waals surface area contributed by atoms with Crippen LogP contribution < -0.4 is 9.62 Å². The van der Waals surface area contributed by atoms with Crippen molar-refractivity contribution in [1.29, 1.82) is 0 Å². The maximum absolute atomic E-state index is 13.5. The first-order chi connectivity index (χ1) is 13.6. The molecule has 2 atom stereocenters. The third-order valence-corrected chi connectivity index (χ3v) is 6.05. The number of benzene rings is 2. The molecule has 2 rings (SSSR count). The molecule has 0 saturated heterocycles. The Morgan fingerprint density at radius 3 is 2.41 bits per heavy atom. The van der Waals surface area contributed by atoms with Gasteiger partial charge in [0, 0.05) is 6.04 Å². The predicted molar refractivity (Wildman–Crippen MR) is 115 cm³/mol. The summed E-state index contributed by atoms with van der Waals surface area (Å²) >= 11 is 5.82. The van der Waals surface area contributed by atoms with Crippen molar-refractivity contribution >= 4 is 33.2 Å². The molecule has 0 saturated carbocycles. The van der Waals surface area contributed by atoms with Gasteiger partial charge in [0.25, 0.3) is 0 Å². The lowest BCUT2D eigenvalue weighted by molar-refractivity contribution is -0.122. The van der Waals surface area contributed by atoms with Crippen LogP contribution in [0.3, 0.4) is 0 Å². The quantitative estimate of drug-likeness (QED) is 0.636. The first-order valence-corrected chi connectivity index (χ1v) is 11.6. The summed E-state index contributed by atoms with van der Waals surface area (Å²) in [6.07, 6.45) is 2.77.